The Balaban J connectivity index is 3.01. The minimum Gasteiger partial charge on any atom is -0.370 e. The molecule has 0 spiro atoms. The number of nitrogens with two attached hydrogens (primary N) is 1. The van der Waals surface area contributed by atoms with E-state index < -0.39 is 5.54 Å². The van der Waals surface area contributed by atoms with Crippen molar-refractivity contribution in [3.63, 3.8) is 0 Å². The summed E-state index contributed by atoms with van der Waals surface area (Å²) in [4.78, 5) is 11.5. The first-order valence-corrected chi connectivity index (χ1v) is 5.76. The predicted molar refractivity (Wildman–Crippen MR) is 67.6 cm³/mol. The summed E-state index contributed by atoms with van der Waals surface area (Å²) >= 11 is 6.03. The number of benzene rings is 1. The molecule has 0 radical (unpaired) electrons. The minimum absolute atomic E-state index is 0.350. The molecule has 16 heavy (non-hydrogen) atoms. The zero-order valence-corrected chi connectivity index (χ0v) is 10.3. The van der Waals surface area contributed by atoms with Gasteiger partial charge < -0.3 is 11.1 Å². The van der Waals surface area contributed by atoms with Crippen LogP contribution < -0.4 is 11.1 Å². The van der Waals surface area contributed by atoms with E-state index in [4.69, 9.17) is 17.3 Å². The van der Waals surface area contributed by atoms with Crippen LogP contribution in [0.4, 0.5) is 5.69 Å². The van der Waals surface area contributed by atoms with Gasteiger partial charge in [0.05, 0.1) is 10.7 Å². The molecule has 88 valence electrons. The van der Waals surface area contributed by atoms with Crippen molar-refractivity contribution in [2.75, 3.05) is 5.32 Å². The average molecular weight is 241 g/mol. The van der Waals surface area contributed by atoms with Crippen molar-refractivity contribution in [3.8, 4) is 0 Å². The lowest BCUT2D eigenvalue weighted by Crippen LogP contribution is -2.49. The Kier molecular flexibility index (Phi) is 4.19. The van der Waals surface area contributed by atoms with E-state index in [2.05, 4.69) is 5.32 Å². The van der Waals surface area contributed by atoms with Crippen LogP contribution in [-0.4, -0.2) is 11.4 Å². The molecule has 4 heteroatoms. The first-order chi connectivity index (χ1) is 7.55. The van der Waals surface area contributed by atoms with E-state index in [0.29, 0.717) is 17.9 Å². The second-order valence-electron chi connectivity index (χ2n) is 3.76. The van der Waals surface area contributed by atoms with Gasteiger partial charge in [0, 0.05) is 0 Å². The number of halogens is 1. The maximum Gasteiger partial charge on any atom is 0.243 e. The Morgan fingerprint density at radius 1 is 1.38 bits per heavy atom. The van der Waals surface area contributed by atoms with Crippen LogP contribution in [0.2, 0.25) is 5.02 Å². The van der Waals surface area contributed by atoms with Crippen LogP contribution in [0, 0.1) is 0 Å². The van der Waals surface area contributed by atoms with E-state index in [-0.39, 0.29) is 5.91 Å². The van der Waals surface area contributed by atoms with Gasteiger partial charge in [0.2, 0.25) is 5.91 Å². The molecule has 0 aromatic heterocycles. The monoisotopic (exact) mass is 240 g/mol. The molecule has 1 rings (SSSR count). The number of nitrogens with one attached hydrogen (secondary N) is 1. The van der Waals surface area contributed by atoms with Gasteiger partial charge in [0.25, 0.3) is 0 Å². The average Bonchev–Trinajstić information content (AvgIpc) is 2.28. The zero-order valence-electron chi connectivity index (χ0n) is 9.59. The van der Waals surface area contributed by atoms with E-state index >= 15 is 0 Å². The Morgan fingerprint density at radius 3 is 2.38 bits per heavy atom. The summed E-state index contributed by atoms with van der Waals surface area (Å²) in [6.45, 7) is 3.86. The fourth-order valence-electron chi connectivity index (χ4n) is 1.66. The number of carbonyl (C=O) groups is 1. The van der Waals surface area contributed by atoms with Gasteiger partial charge in [-0.3, -0.25) is 4.79 Å². The van der Waals surface area contributed by atoms with Crippen LogP contribution in [0.15, 0.2) is 24.3 Å². The van der Waals surface area contributed by atoms with Crippen LogP contribution in [0.5, 0.6) is 0 Å². The van der Waals surface area contributed by atoms with E-state index in [1.165, 1.54) is 0 Å². The molecule has 1 aromatic carbocycles. The molecule has 0 aliphatic rings. The Bertz CT molecular complexity index is 375. The molecule has 0 atom stereocenters. The van der Waals surface area contributed by atoms with Gasteiger partial charge in [-0.25, -0.2) is 0 Å². The summed E-state index contributed by atoms with van der Waals surface area (Å²) < 4.78 is 0. The number of carbonyl (C=O) groups excluding carboxylic acids is 1. The summed E-state index contributed by atoms with van der Waals surface area (Å²) in [5.41, 5.74) is 5.47. The van der Waals surface area contributed by atoms with Gasteiger partial charge in [-0.05, 0) is 25.0 Å². The lowest BCUT2D eigenvalue weighted by molar-refractivity contribution is -0.122. The van der Waals surface area contributed by atoms with Crippen LogP contribution in [-0.2, 0) is 4.79 Å². The summed E-state index contributed by atoms with van der Waals surface area (Å²) in [5, 5.41) is 3.75. The topological polar surface area (TPSA) is 55.1 Å². The number of hydrogen-bond donors (Lipinski definition) is 2. The Hall–Kier alpha value is -1.22. The minimum atomic E-state index is -0.717. The van der Waals surface area contributed by atoms with Crippen molar-refractivity contribution in [2.45, 2.75) is 32.2 Å². The molecule has 3 N–H and O–H groups in total. The molecule has 0 bridgehead atoms. The van der Waals surface area contributed by atoms with Gasteiger partial charge in [0.1, 0.15) is 5.54 Å². The number of hydrogen-bond acceptors (Lipinski definition) is 2. The quantitative estimate of drug-likeness (QED) is 0.832. The summed E-state index contributed by atoms with van der Waals surface area (Å²) in [5.74, 6) is -0.350. The molecule has 3 nitrogen and oxygen atoms in total. The van der Waals surface area contributed by atoms with E-state index in [9.17, 15) is 4.79 Å². The third-order valence-electron chi connectivity index (χ3n) is 2.93. The fraction of sp³-hybridized carbons (Fsp3) is 0.417. The lowest BCUT2D eigenvalue weighted by Gasteiger charge is -2.30. The number of para-hydroxylation sites is 1. The highest BCUT2D eigenvalue weighted by molar-refractivity contribution is 6.33. The molecule has 0 unspecified atom stereocenters. The molecule has 0 aliphatic carbocycles. The second kappa shape index (κ2) is 5.21. The van der Waals surface area contributed by atoms with Crippen molar-refractivity contribution in [1.29, 1.82) is 0 Å². The molecule has 1 aromatic rings. The largest absolute Gasteiger partial charge is 0.370 e. The smallest absolute Gasteiger partial charge is 0.243 e. The molecular weight excluding hydrogens is 224 g/mol. The Morgan fingerprint density at radius 2 is 1.94 bits per heavy atom. The van der Waals surface area contributed by atoms with Crippen LogP contribution in [0.1, 0.15) is 26.7 Å². The van der Waals surface area contributed by atoms with Crippen molar-refractivity contribution in [1.82, 2.24) is 0 Å². The highest BCUT2D eigenvalue weighted by atomic mass is 35.5. The molecule has 0 fully saturated rings. The van der Waals surface area contributed by atoms with Gasteiger partial charge in [0.15, 0.2) is 0 Å². The van der Waals surface area contributed by atoms with Gasteiger partial charge >= 0.3 is 0 Å². The highest BCUT2D eigenvalue weighted by Gasteiger charge is 2.32. The third kappa shape index (κ3) is 2.47. The molecule has 0 saturated heterocycles. The van der Waals surface area contributed by atoms with E-state index in [1.54, 1.807) is 6.07 Å². The predicted octanol–water partition coefficient (Wildman–Crippen LogP) is 2.80. The molecule has 0 heterocycles. The number of anilines is 1. The first-order valence-electron chi connectivity index (χ1n) is 5.38. The third-order valence-corrected chi connectivity index (χ3v) is 3.26. The second-order valence-corrected chi connectivity index (χ2v) is 4.17. The first kappa shape index (κ1) is 12.8. The van der Waals surface area contributed by atoms with Gasteiger partial charge in [-0.1, -0.05) is 37.6 Å². The zero-order chi connectivity index (χ0) is 12.2. The van der Waals surface area contributed by atoms with E-state index in [0.717, 1.165) is 5.69 Å². The number of primary amides is 1. The lowest BCUT2D eigenvalue weighted by atomic mass is 9.91. The Labute approximate surface area is 101 Å². The standard InChI is InChI=1S/C12H17ClN2O/c1-3-12(4-2,11(14)16)15-10-8-6-5-7-9(10)13/h5-8,15H,3-4H2,1-2H3,(H2,14,16). The summed E-state index contributed by atoms with van der Waals surface area (Å²) in [6, 6.07) is 7.33. The maximum atomic E-state index is 11.5. The van der Waals surface area contributed by atoms with Gasteiger partial charge in [-0.2, -0.15) is 0 Å². The summed E-state index contributed by atoms with van der Waals surface area (Å²) in [6.07, 6.45) is 1.26. The van der Waals surface area contributed by atoms with Gasteiger partial charge in [-0.15, -0.1) is 0 Å². The molecular formula is C12H17ClN2O. The van der Waals surface area contributed by atoms with Crippen molar-refractivity contribution in [2.24, 2.45) is 5.73 Å². The van der Waals surface area contributed by atoms with Crippen LogP contribution in [0.25, 0.3) is 0 Å². The number of rotatable bonds is 5. The highest BCUT2D eigenvalue weighted by Crippen LogP contribution is 2.27. The van der Waals surface area contributed by atoms with E-state index in [1.807, 2.05) is 32.0 Å². The van der Waals surface area contributed by atoms with Crippen LogP contribution >= 0.6 is 11.6 Å². The van der Waals surface area contributed by atoms with Crippen molar-refractivity contribution in [3.05, 3.63) is 29.3 Å². The molecule has 1 amide bonds. The SMILES string of the molecule is CCC(CC)(Nc1ccccc1Cl)C(N)=O. The maximum absolute atomic E-state index is 11.5. The van der Waals surface area contributed by atoms with Crippen LogP contribution in [0.3, 0.4) is 0 Å². The molecule has 0 saturated carbocycles. The fourth-order valence-corrected chi connectivity index (χ4v) is 1.84. The summed E-state index contributed by atoms with van der Waals surface area (Å²) in [7, 11) is 0. The molecule has 0 aliphatic heterocycles. The number of amides is 1. The normalized spacial score (nSPS) is 11.2. The van der Waals surface area contributed by atoms with Crippen molar-refractivity contribution < 1.29 is 4.79 Å². The van der Waals surface area contributed by atoms with Crippen molar-refractivity contribution >= 4 is 23.2 Å².